The van der Waals surface area contributed by atoms with E-state index in [1.54, 1.807) is 0 Å². The van der Waals surface area contributed by atoms with Crippen LogP contribution in [0.1, 0.15) is 21.2 Å². The van der Waals surface area contributed by atoms with Crippen molar-refractivity contribution in [2.24, 2.45) is 0 Å². The maximum atomic E-state index is 12.7. The molecule has 2 aromatic heterocycles. The van der Waals surface area contributed by atoms with Crippen molar-refractivity contribution in [3.05, 3.63) is 40.7 Å². The van der Waals surface area contributed by atoms with E-state index in [9.17, 15) is 4.79 Å². The van der Waals surface area contributed by atoms with Gasteiger partial charge in [0.1, 0.15) is 10.7 Å². The minimum Gasteiger partial charge on any atom is -0.369 e. The predicted octanol–water partition coefficient (Wildman–Crippen LogP) is 2.41. The molecule has 4 rings (SSSR count). The second-order valence-electron chi connectivity index (χ2n) is 6.67. The van der Waals surface area contributed by atoms with Crippen molar-refractivity contribution in [1.82, 2.24) is 19.5 Å². The molecule has 1 aliphatic rings. The first-order chi connectivity index (χ1) is 12.5. The molecule has 0 unspecified atom stereocenters. The Labute approximate surface area is 156 Å². The number of aromatic nitrogens is 3. The van der Waals surface area contributed by atoms with Gasteiger partial charge in [0, 0.05) is 43.2 Å². The molecule has 136 valence electrons. The van der Waals surface area contributed by atoms with Crippen LogP contribution in [0.5, 0.6) is 0 Å². The molecular formula is C18H22N6OS. The molecule has 0 bridgehead atoms. The highest BCUT2D eigenvalue weighted by Gasteiger charge is 2.19. The van der Waals surface area contributed by atoms with Gasteiger partial charge in [-0.1, -0.05) is 11.3 Å². The van der Waals surface area contributed by atoms with E-state index in [0.717, 1.165) is 48.3 Å². The van der Waals surface area contributed by atoms with Gasteiger partial charge in [-0.25, -0.2) is 0 Å². The highest BCUT2D eigenvalue weighted by molar-refractivity contribution is 7.19. The van der Waals surface area contributed by atoms with Crippen LogP contribution >= 0.6 is 11.3 Å². The summed E-state index contributed by atoms with van der Waals surface area (Å²) < 4.78 is 1.91. The molecule has 0 saturated carbocycles. The van der Waals surface area contributed by atoms with Crippen LogP contribution < -0.4 is 10.2 Å². The first-order valence-corrected chi connectivity index (χ1v) is 9.50. The first kappa shape index (κ1) is 17.0. The first-order valence-electron chi connectivity index (χ1n) is 8.69. The largest absolute Gasteiger partial charge is 0.369 e. The summed E-state index contributed by atoms with van der Waals surface area (Å²) in [6, 6.07) is 8.07. The molecule has 8 heteroatoms. The second kappa shape index (κ2) is 6.69. The number of fused-ring (bicyclic) bond motifs is 1. The van der Waals surface area contributed by atoms with Gasteiger partial charge in [0.25, 0.3) is 5.91 Å². The summed E-state index contributed by atoms with van der Waals surface area (Å²) in [6.07, 6.45) is 0. The molecule has 0 aliphatic carbocycles. The predicted molar refractivity (Wildman–Crippen MR) is 104 cm³/mol. The maximum absolute atomic E-state index is 12.7. The minimum absolute atomic E-state index is 0.107. The van der Waals surface area contributed by atoms with Crippen molar-refractivity contribution in [2.45, 2.75) is 13.8 Å². The lowest BCUT2D eigenvalue weighted by molar-refractivity contribution is 0.102. The maximum Gasteiger partial charge on any atom is 0.267 e. The van der Waals surface area contributed by atoms with E-state index in [2.05, 4.69) is 44.5 Å². The van der Waals surface area contributed by atoms with E-state index in [1.807, 2.05) is 30.4 Å². The van der Waals surface area contributed by atoms with E-state index >= 15 is 0 Å². The van der Waals surface area contributed by atoms with Crippen molar-refractivity contribution in [3.63, 3.8) is 0 Å². The highest BCUT2D eigenvalue weighted by Crippen LogP contribution is 2.25. The summed E-state index contributed by atoms with van der Waals surface area (Å²) in [5.41, 5.74) is 2.87. The van der Waals surface area contributed by atoms with E-state index in [-0.39, 0.29) is 5.91 Å². The smallest absolute Gasteiger partial charge is 0.267 e. The number of thiazole rings is 1. The molecule has 26 heavy (non-hydrogen) atoms. The van der Waals surface area contributed by atoms with Crippen LogP contribution in [0.3, 0.4) is 0 Å². The zero-order valence-corrected chi connectivity index (χ0v) is 16.0. The average Bonchev–Trinajstić information content (AvgIpc) is 3.17. The Morgan fingerprint density at radius 1 is 1.08 bits per heavy atom. The van der Waals surface area contributed by atoms with Crippen molar-refractivity contribution < 1.29 is 4.79 Å². The van der Waals surface area contributed by atoms with E-state index in [4.69, 9.17) is 0 Å². The zero-order chi connectivity index (χ0) is 18.3. The molecule has 1 amide bonds. The van der Waals surface area contributed by atoms with Crippen LogP contribution in [0, 0.1) is 13.8 Å². The van der Waals surface area contributed by atoms with E-state index < -0.39 is 0 Å². The Kier molecular flexibility index (Phi) is 4.37. The molecule has 3 aromatic rings. The summed E-state index contributed by atoms with van der Waals surface area (Å²) in [5, 5.41) is 11.1. The average molecular weight is 370 g/mol. The fourth-order valence-electron chi connectivity index (χ4n) is 3.28. The molecule has 7 nitrogen and oxygen atoms in total. The third-order valence-corrected chi connectivity index (χ3v) is 5.98. The van der Waals surface area contributed by atoms with Crippen LogP contribution in [0.25, 0.3) is 4.96 Å². The van der Waals surface area contributed by atoms with Crippen LogP contribution in [-0.2, 0) is 0 Å². The fourth-order valence-corrected chi connectivity index (χ4v) is 4.29. The number of anilines is 2. The van der Waals surface area contributed by atoms with Crippen molar-refractivity contribution in [2.75, 3.05) is 43.4 Å². The Balaban J connectivity index is 1.48. The molecule has 1 N–H and O–H groups in total. The lowest BCUT2D eigenvalue weighted by atomic mass is 10.2. The van der Waals surface area contributed by atoms with Gasteiger partial charge < -0.3 is 15.1 Å². The van der Waals surface area contributed by atoms with Gasteiger partial charge in [-0.2, -0.15) is 0 Å². The molecular weight excluding hydrogens is 348 g/mol. The highest BCUT2D eigenvalue weighted by atomic mass is 32.1. The molecule has 1 aromatic carbocycles. The summed E-state index contributed by atoms with van der Waals surface area (Å²) in [7, 11) is 2.15. The van der Waals surface area contributed by atoms with Crippen LogP contribution in [0.15, 0.2) is 24.3 Å². The lowest BCUT2D eigenvalue weighted by Gasteiger charge is -2.34. The number of piperazine rings is 1. The number of benzene rings is 1. The van der Waals surface area contributed by atoms with Gasteiger partial charge in [0.2, 0.25) is 4.96 Å². The number of carbonyl (C=O) groups excluding carboxylic acids is 1. The molecule has 3 heterocycles. The van der Waals surface area contributed by atoms with Crippen LogP contribution in [0.4, 0.5) is 11.4 Å². The summed E-state index contributed by atoms with van der Waals surface area (Å²) in [4.78, 5) is 18.8. The standard InChI is InChI=1S/C18H22N6OS/c1-12-16(26-18-21-20-13(2)24(12)18)17(25)19-14-4-6-15(7-5-14)23-10-8-22(3)9-11-23/h4-7H,8-11H2,1-3H3,(H,19,25). The number of likely N-dealkylation sites (N-methyl/N-ethyl adjacent to an activating group) is 1. The molecule has 0 spiro atoms. The Morgan fingerprint density at radius 3 is 2.42 bits per heavy atom. The molecule has 0 atom stereocenters. The normalized spacial score (nSPS) is 15.6. The van der Waals surface area contributed by atoms with Crippen LogP contribution in [-0.4, -0.2) is 58.6 Å². The van der Waals surface area contributed by atoms with Gasteiger partial charge in [0.05, 0.1) is 0 Å². The Hall–Kier alpha value is -2.45. The van der Waals surface area contributed by atoms with Gasteiger partial charge in [-0.05, 0) is 45.2 Å². The number of aryl methyl sites for hydroxylation is 2. The third-order valence-electron chi connectivity index (χ3n) is 4.85. The van der Waals surface area contributed by atoms with Crippen molar-refractivity contribution in [3.8, 4) is 0 Å². The zero-order valence-electron chi connectivity index (χ0n) is 15.2. The summed E-state index contributed by atoms with van der Waals surface area (Å²) in [6.45, 7) is 8.02. The quantitative estimate of drug-likeness (QED) is 0.767. The summed E-state index contributed by atoms with van der Waals surface area (Å²) >= 11 is 1.36. The molecule has 1 aliphatic heterocycles. The number of carbonyl (C=O) groups is 1. The number of rotatable bonds is 3. The molecule has 1 fully saturated rings. The number of nitrogens with one attached hydrogen (secondary N) is 1. The van der Waals surface area contributed by atoms with E-state index in [1.165, 1.54) is 17.0 Å². The van der Waals surface area contributed by atoms with Gasteiger partial charge in [-0.15, -0.1) is 10.2 Å². The Morgan fingerprint density at radius 2 is 1.77 bits per heavy atom. The molecule has 1 saturated heterocycles. The lowest BCUT2D eigenvalue weighted by Crippen LogP contribution is -2.44. The number of nitrogens with zero attached hydrogens (tertiary/aromatic N) is 5. The van der Waals surface area contributed by atoms with E-state index in [0.29, 0.717) is 4.88 Å². The van der Waals surface area contributed by atoms with Gasteiger partial charge in [-0.3, -0.25) is 9.20 Å². The second-order valence-corrected chi connectivity index (χ2v) is 7.65. The summed E-state index contributed by atoms with van der Waals surface area (Å²) in [5.74, 6) is 0.689. The van der Waals surface area contributed by atoms with Crippen molar-refractivity contribution in [1.29, 1.82) is 0 Å². The number of amides is 1. The Bertz CT molecular complexity index is 937. The topological polar surface area (TPSA) is 65.8 Å². The van der Waals surface area contributed by atoms with Gasteiger partial charge >= 0.3 is 0 Å². The third kappa shape index (κ3) is 3.06. The molecule has 0 radical (unpaired) electrons. The fraction of sp³-hybridized carbons (Fsp3) is 0.389. The minimum atomic E-state index is -0.107. The van der Waals surface area contributed by atoms with Crippen LogP contribution in [0.2, 0.25) is 0 Å². The number of hydrogen-bond acceptors (Lipinski definition) is 6. The van der Waals surface area contributed by atoms with Crippen molar-refractivity contribution >= 4 is 33.6 Å². The van der Waals surface area contributed by atoms with Gasteiger partial charge in [0.15, 0.2) is 0 Å². The monoisotopic (exact) mass is 370 g/mol. The number of hydrogen-bond donors (Lipinski definition) is 1. The SMILES string of the molecule is Cc1nnc2sc(C(=O)Nc3ccc(N4CCN(C)CC4)cc3)c(C)n12.